The van der Waals surface area contributed by atoms with Crippen molar-refractivity contribution in [3.8, 4) is 5.75 Å². The highest BCUT2D eigenvalue weighted by molar-refractivity contribution is 9.10. The number of rotatable bonds is 4. The molecule has 1 unspecified atom stereocenters. The highest BCUT2D eigenvalue weighted by atomic mass is 79.9. The second-order valence-electron chi connectivity index (χ2n) is 4.33. The van der Waals surface area contributed by atoms with Gasteiger partial charge >= 0.3 is 0 Å². The van der Waals surface area contributed by atoms with Crippen molar-refractivity contribution >= 4 is 15.9 Å². The third kappa shape index (κ3) is 3.16. The van der Waals surface area contributed by atoms with Crippen LogP contribution in [0, 0.1) is 11.6 Å². The minimum Gasteiger partial charge on any atom is -0.494 e. The molecule has 20 heavy (non-hydrogen) atoms. The molecule has 0 aliphatic rings. The fourth-order valence-electron chi connectivity index (χ4n) is 1.92. The first-order valence-corrected chi connectivity index (χ1v) is 6.76. The number of hydrogen-bond acceptors (Lipinski definition) is 2. The van der Waals surface area contributed by atoms with E-state index in [2.05, 4.69) is 15.9 Å². The molecule has 106 valence electrons. The van der Waals surface area contributed by atoms with E-state index in [1.54, 1.807) is 18.2 Å². The highest BCUT2D eigenvalue weighted by Crippen LogP contribution is 2.28. The summed E-state index contributed by atoms with van der Waals surface area (Å²) in [7, 11) is 1.37. The molecule has 0 spiro atoms. The smallest absolute Gasteiger partial charge is 0.165 e. The van der Waals surface area contributed by atoms with Crippen LogP contribution in [0.2, 0.25) is 0 Å². The summed E-state index contributed by atoms with van der Waals surface area (Å²) in [5, 5.41) is 10.1. The molecule has 2 aromatic carbocycles. The van der Waals surface area contributed by atoms with Crippen LogP contribution in [-0.4, -0.2) is 12.2 Å². The minimum absolute atomic E-state index is 0.118. The van der Waals surface area contributed by atoms with Crippen molar-refractivity contribution in [3.05, 3.63) is 63.6 Å². The van der Waals surface area contributed by atoms with Crippen LogP contribution in [0.15, 0.2) is 40.9 Å². The fraction of sp³-hybridized carbons (Fsp3) is 0.200. The van der Waals surface area contributed by atoms with Gasteiger partial charge in [-0.3, -0.25) is 0 Å². The normalized spacial score (nSPS) is 12.2. The molecule has 2 rings (SSSR count). The molecule has 2 aromatic rings. The molecule has 0 fully saturated rings. The van der Waals surface area contributed by atoms with Gasteiger partial charge in [-0.15, -0.1) is 0 Å². The maximum absolute atomic E-state index is 13.6. The van der Waals surface area contributed by atoms with Gasteiger partial charge in [0.25, 0.3) is 0 Å². The molecular weight excluding hydrogens is 330 g/mol. The van der Waals surface area contributed by atoms with Crippen LogP contribution in [0.4, 0.5) is 8.78 Å². The first kappa shape index (κ1) is 14.9. The van der Waals surface area contributed by atoms with Gasteiger partial charge in [-0.1, -0.05) is 18.2 Å². The number of methoxy groups -OCH3 is 1. The molecule has 0 saturated carbocycles. The summed E-state index contributed by atoms with van der Waals surface area (Å²) in [5.74, 6) is -0.814. The van der Waals surface area contributed by atoms with Crippen LogP contribution < -0.4 is 4.74 Å². The third-order valence-corrected chi connectivity index (χ3v) is 3.89. The van der Waals surface area contributed by atoms with Gasteiger partial charge in [-0.25, -0.2) is 8.78 Å². The van der Waals surface area contributed by atoms with E-state index in [-0.39, 0.29) is 12.2 Å². The van der Waals surface area contributed by atoms with Gasteiger partial charge in [0.2, 0.25) is 0 Å². The predicted octanol–water partition coefficient (Wildman–Crippen LogP) is 4.01. The van der Waals surface area contributed by atoms with Gasteiger partial charge in [0.05, 0.1) is 17.7 Å². The number of aliphatic hydroxyl groups is 1. The van der Waals surface area contributed by atoms with E-state index >= 15 is 0 Å². The number of ether oxygens (including phenoxy) is 1. The molecule has 0 heterocycles. The predicted molar refractivity (Wildman–Crippen MR) is 75.7 cm³/mol. The summed E-state index contributed by atoms with van der Waals surface area (Å²) in [4.78, 5) is 0. The Morgan fingerprint density at radius 1 is 1.20 bits per heavy atom. The summed E-state index contributed by atoms with van der Waals surface area (Å²) in [5.41, 5.74) is 1.04. The van der Waals surface area contributed by atoms with Crippen molar-refractivity contribution in [2.24, 2.45) is 0 Å². The minimum atomic E-state index is -0.923. The van der Waals surface area contributed by atoms with Crippen LogP contribution in [0.1, 0.15) is 17.2 Å². The molecule has 1 atom stereocenters. The average molecular weight is 343 g/mol. The molecule has 0 aromatic heterocycles. The van der Waals surface area contributed by atoms with Crippen LogP contribution in [-0.2, 0) is 6.42 Å². The van der Waals surface area contributed by atoms with Crippen LogP contribution in [0.25, 0.3) is 0 Å². The monoisotopic (exact) mass is 342 g/mol. The summed E-state index contributed by atoms with van der Waals surface area (Å²) in [6.45, 7) is 0. The first-order valence-electron chi connectivity index (χ1n) is 5.97. The molecule has 1 N–H and O–H groups in total. The Hall–Kier alpha value is -1.46. The topological polar surface area (TPSA) is 29.5 Å². The molecule has 0 aliphatic carbocycles. The zero-order valence-corrected chi connectivity index (χ0v) is 12.3. The lowest BCUT2D eigenvalue weighted by Crippen LogP contribution is -2.04. The SMILES string of the molecule is COc1ccc(C(O)Cc2cccc(F)c2Br)cc1F. The van der Waals surface area contributed by atoms with Crippen molar-refractivity contribution in [1.29, 1.82) is 0 Å². The maximum Gasteiger partial charge on any atom is 0.165 e. The lowest BCUT2D eigenvalue weighted by atomic mass is 10.0. The van der Waals surface area contributed by atoms with Crippen molar-refractivity contribution in [3.63, 3.8) is 0 Å². The number of hydrogen-bond donors (Lipinski definition) is 1. The second-order valence-corrected chi connectivity index (χ2v) is 5.12. The van der Waals surface area contributed by atoms with Gasteiger partial charge < -0.3 is 9.84 Å². The zero-order valence-electron chi connectivity index (χ0n) is 10.7. The molecule has 0 radical (unpaired) electrons. The maximum atomic E-state index is 13.6. The lowest BCUT2D eigenvalue weighted by Gasteiger charge is -2.13. The number of aliphatic hydroxyl groups excluding tert-OH is 1. The molecule has 5 heteroatoms. The second kappa shape index (κ2) is 6.33. The molecule has 2 nitrogen and oxygen atoms in total. The van der Waals surface area contributed by atoms with Gasteiger partial charge in [0, 0.05) is 6.42 Å². The quantitative estimate of drug-likeness (QED) is 0.909. The average Bonchev–Trinajstić information content (AvgIpc) is 2.43. The molecule has 0 aliphatic heterocycles. The van der Waals surface area contributed by atoms with E-state index in [1.165, 1.54) is 25.3 Å². The lowest BCUT2D eigenvalue weighted by molar-refractivity contribution is 0.177. The Bertz CT molecular complexity index is 617. The largest absolute Gasteiger partial charge is 0.494 e. The molecule has 0 saturated heterocycles. The van der Waals surface area contributed by atoms with E-state index in [0.717, 1.165) is 0 Å². The van der Waals surface area contributed by atoms with Crippen LogP contribution in [0.5, 0.6) is 5.75 Å². The van der Waals surface area contributed by atoms with Crippen molar-refractivity contribution in [1.82, 2.24) is 0 Å². The van der Waals surface area contributed by atoms with Crippen LogP contribution in [0.3, 0.4) is 0 Å². The zero-order chi connectivity index (χ0) is 14.7. The van der Waals surface area contributed by atoms with E-state index in [0.29, 0.717) is 15.6 Å². The first-order chi connectivity index (χ1) is 9.52. The molecule has 0 bridgehead atoms. The Morgan fingerprint density at radius 2 is 1.95 bits per heavy atom. The van der Waals surface area contributed by atoms with Gasteiger partial charge in [-0.05, 0) is 45.3 Å². The Balaban J connectivity index is 2.21. The summed E-state index contributed by atoms with van der Waals surface area (Å²) >= 11 is 3.14. The van der Waals surface area contributed by atoms with Crippen LogP contribution >= 0.6 is 15.9 Å². The number of benzene rings is 2. The van der Waals surface area contributed by atoms with Gasteiger partial charge in [0.15, 0.2) is 11.6 Å². The summed E-state index contributed by atoms with van der Waals surface area (Å²) in [6.07, 6.45) is -0.738. The van der Waals surface area contributed by atoms with Crippen molar-refractivity contribution < 1.29 is 18.6 Å². The molecular formula is C15H13BrF2O2. The summed E-state index contributed by atoms with van der Waals surface area (Å²) in [6, 6.07) is 8.85. The standard InChI is InChI=1S/C15H13BrF2O2/c1-20-14-6-5-9(7-12(14)18)13(19)8-10-3-2-4-11(17)15(10)16/h2-7,13,19H,8H2,1H3. The highest BCUT2D eigenvalue weighted by Gasteiger charge is 2.14. The van der Waals surface area contributed by atoms with E-state index in [1.807, 2.05) is 0 Å². The third-order valence-electron chi connectivity index (χ3n) is 3.01. The van der Waals surface area contributed by atoms with Gasteiger partial charge in [-0.2, -0.15) is 0 Å². The van der Waals surface area contributed by atoms with E-state index in [9.17, 15) is 13.9 Å². The van der Waals surface area contributed by atoms with Crippen molar-refractivity contribution in [2.75, 3.05) is 7.11 Å². The van der Waals surface area contributed by atoms with E-state index in [4.69, 9.17) is 4.74 Å². The summed E-state index contributed by atoms with van der Waals surface area (Å²) < 4.78 is 32.1. The Kier molecular flexibility index (Phi) is 4.73. The Labute approximate surface area is 124 Å². The van der Waals surface area contributed by atoms with E-state index < -0.39 is 17.7 Å². The van der Waals surface area contributed by atoms with Gasteiger partial charge in [0.1, 0.15) is 5.82 Å². The Morgan fingerprint density at radius 3 is 2.60 bits per heavy atom. The number of halogens is 3. The van der Waals surface area contributed by atoms with Crippen molar-refractivity contribution in [2.45, 2.75) is 12.5 Å². The molecule has 0 amide bonds. The fourth-order valence-corrected chi connectivity index (χ4v) is 2.35.